The van der Waals surface area contributed by atoms with Crippen LogP contribution in [0.2, 0.25) is 0 Å². The summed E-state index contributed by atoms with van der Waals surface area (Å²) >= 11 is 3.43. The first-order valence-electron chi connectivity index (χ1n) is 8.04. The lowest BCUT2D eigenvalue weighted by molar-refractivity contribution is 0.0617. The van der Waals surface area contributed by atoms with Crippen LogP contribution in [0, 0.1) is 0 Å². The van der Waals surface area contributed by atoms with Crippen molar-refractivity contribution in [2.75, 3.05) is 5.73 Å². The predicted octanol–water partition coefficient (Wildman–Crippen LogP) is 3.88. The molecule has 24 heavy (non-hydrogen) atoms. The molecule has 1 aliphatic heterocycles. The lowest BCUT2D eigenvalue weighted by atomic mass is 9.89. The first kappa shape index (κ1) is 16.9. The molecule has 0 radical (unpaired) electrons. The zero-order chi connectivity index (χ0) is 17.5. The van der Waals surface area contributed by atoms with Crippen LogP contribution in [0.15, 0.2) is 34.9 Å². The summed E-state index contributed by atoms with van der Waals surface area (Å²) < 4.78 is 8.84. The Bertz CT molecular complexity index is 783. The fraction of sp³-hybridized carbons (Fsp3) is 0.389. The van der Waals surface area contributed by atoms with E-state index in [1.807, 2.05) is 55.8 Å². The number of aromatic nitrogens is 1. The van der Waals surface area contributed by atoms with Gasteiger partial charge in [-0.1, -0.05) is 0 Å². The first-order valence-corrected chi connectivity index (χ1v) is 8.83. The second-order valence-corrected chi connectivity index (χ2v) is 7.63. The number of ether oxygens (including phenoxy) is 1. The third-order valence-corrected chi connectivity index (χ3v) is 4.67. The smallest absolute Gasteiger partial charge is 0.268 e. The number of hydrogen-bond acceptors (Lipinski definition) is 3. The van der Waals surface area contributed by atoms with Crippen molar-refractivity contribution in [2.24, 2.45) is 0 Å². The Labute approximate surface area is 150 Å². The van der Waals surface area contributed by atoms with Crippen LogP contribution in [0.1, 0.15) is 49.3 Å². The van der Waals surface area contributed by atoms with Crippen molar-refractivity contribution in [3.63, 3.8) is 0 Å². The number of amides is 1. The molecule has 0 saturated heterocycles. The maximum absolute atomic E-state index is 12.8. The van der Waals surface area contributed by atoms with Crippen LogP contribution in [0.4, 0.5) is 5.69 Å². The number of carbonyl (C=O) groups is 1. The molecular weight excluding hydrogens is 370 g/mol. The van der Waals surface area contributed by atoms with Crippen LogP contribution < -0.4 is 15.8 Å². The molecule has 0 bridgehead atoms. The van der Waals surface area contributed by atoms with E-state index in [0.29, 0.717) is 17.8 Å². The molecule has 1 aromatic heterocycles. The van der Waals surface area contributed by atoms with Crippen molar-refractivity contribution < 1.29 is 9.53 Å². The van der Waals surface area contributed by atoms with Crippen molar-refractivity contribution in [2.45, 2.75) is 45.4 Å². The third-order valence-electron chi connectivity index (χ3n) is 4.23. The average molecular weight is 392 g/mol. The van der Waals surface area contributed by atoms with E-state index in [-0.39, 0.29) is 17.6 Å². The highest BCUT2D eigenvalue weighted by atomic mass is 79.9. The molecule has 0 fully saturated rings. The number of anilines is 1. The van der Waals surface area contributed by atoms with Gasteiger partial charge in [0.15, 0.2) is 0 Å². The van der Waals surface area contributed by atoms with Crippen molar-refractivity contribution in [3.8, 4) is 5.75 Å². The Kier molecular flexibility index (Phi) is 4.34. The Morgan fingerprint density at radius 1 is 1.46 bits per heavy atom. The molecule has 0 spiro atoms. The van der Waals surface area contributed by atoms with Crippen molar-refractivity contribution in [1.29, 1.82) is 0 Å². The second kappa shape index (κ2) is 6.16. The van der Waals surface area contributed by atoms with Crippen molar-refractivity contribution in [1.82, 2.24) is 9.88 Å². The van der Waals surface area contributed by atoms with Crippen LogP contribution >= 0.6 is 15.9 Å². The highest BCUT2D eigenvalue weighted by molar-refractivity contribution is 9.10. The van der Waals surface area contributed by atoms with Gasteiger partial charge in [0.25, 0.3) is 5.91 Å². The molecule has 3 rings (SSSR count). The first-order chi connectivity index (χ1) is 11.3. The average Bonchev–Trinajstić information content (AvgIpc) is 2.88. The van der Waals surface area contributed by atoms with Gasteiger partial charge in [-0.05, 0) is 61.0 Å². The van der Waals surface area contributed by atoms with Crippen LogP contribution in [0.5, 0.6) is 5.75 Å². The highest BCUT2D eigenvalue weighted by Gasteiger charge is 2.35. The van der Waals surface area contributed by atoms with Gasteiger partial charge in [0, 0.05) is 34.9 Å². The quantitative estimate of drug-likeness (QED) is 0.779. The molecule has 6 heteroatoms. The molecule has 2 heterocycles. The van der Waals surface area contributed by atoms with Gasteiger partial charge < -0.3 is 20.4 Å². The molecule has 128 valence electrons. The summed E-state index contributed by atoms with van der Waals surface area (Å²) in [6.45, 7) is 6.79. The number of fused-ring (bicyclic) bond motifs is 1. The maximum Gasteiger partial charge on any atom is 0.268 e. The summed E-state index contributed by atoms with van der Waals surface area (Å²) in [6.07, 6.45) is 2.60. The Morgan fingerprint density at radius 3 is 2.92 bits per heavy atom. The number of nitrogen functional groups attached to an aromatic ring is 1. The molecule has 1 atom stereocenters. The van der Waals surface area contributed by atoms with Gasteiger partial charge in [-0.2, -0.15) is 0 Å². The van der Waals surface area contributed by atoms with E-state index in [1.54, 1.807) is 0 Å². The van der Waals surface area contributed by atoms with Gasteiger partial charge in [-0.25, -0.2) is 0 Å². The number of carbonyl (C=O) groups excluding carboxylic acids is 1. The SMILES string of the molecule is CCn1cc(Br)cc1C(=O)NC1CC(C)(C)Oc2ccc(N)cc21. The van der Waals surface area contributed by atoms with E-state index >= 15 is 0 Å². The predicted molar refractivity (Wildman–Crippen MR) is 98.2 cm³/mol. The third kappa shape index (κ3) is 3.29. The van der Waals surface area contributed by atoms with Crippen molar-refractivity contribution >= 4 is 27.5 Å². The van der Waals surface area contributed by atoms with E-state index < -0.39 is 0 Å². The molecule has 0 aliphatic carbocycles. The molecule has 2 aromatic rings. The largest absolute Gasteiger partial charge is 0.487 e. The minimum atomic E-state index is -0.353. The van der Waals surface area contributed by atoms with E-state index in [0.717, 1.165) is 22.3 Å². The van der Waals surface area contributed by atoms with Crippen LogP contribution in [-0.2, 0) is 6.54 Å². The normalized spacial score (nSPS) is 18.6. The maximum atomic E-state index is 12.8. The monoisotopic (exact) mass is 391 g/mol. The zero-order valence-electron chi connectivity index (χ0n) is 14.1. The lowest BCUT2D eigenvalue weighted by Crippen LogP contribution is -2.41. The van der Waals surface area contributed by atoms with E-state index in [9.17, 15) is 4.79 Å². The van der Waals surface area contributed by atoms with Crippen LogP contribution in [0.3, 0.4) is 0 Å². The molecule has 1 aliphatic rings. The fourth-order valence-electron chi connectivity index (χ4n) is 3.16. The molecule has 0 saturated carbocycles. The van der Waals surface area contributed by atoms with E-state index in [1.165, 1.54) is 0 Å². The van der Waals surface area contributed by atoms with Gasteiger partial charge in [-0.15, -0.1) is 0 Å². The summed E-state index contributed by atoms with van der Waals surface area (Å²) in [5, 5.41) is 3.15. The number of nitrogens with two attached hydrogens (primary N) is 1. The summed E-state index contributed by atoms with van der Waals surface area (Å²) in [7, 11) is 0. The van der Waals surface area contributed by atoms with Crippen LogP contribution in [0.25, 0.3) is 0 Å². The lowest BCUT2D eigenvalue weighted by Gasteiger charge is -2.38. The second-order valence-electron chi connectivity index (χ2n) is 6.72. The highest BCUT2D eigenvalue weighted by Crippen LogP contribution is 2.40. The van der Waals surface area contributed by atoms with Gasteiger partial charge in [0.2, 0.25) is 0 Å². The Morgan fingerprint density at radius 2 is 2.21 bits per heavy atom. The van der Waals surface area contributed by atoms with Crippen LogP contribution in [-0.4, -0.2) is 16.1 Å². The number of rotatable bonds is 3. The number of benzene rings is 1. The zero-order valence-corrected chi connectivity index (χ0v) is 15.7. The van der Waals surface area contributed by atoms with Crippen molar-refractivity contribution in [3.05, 3.63) is 46.2 Å². The van der Waals surface area contributed by atoms with E-state index in [4.69, 9.17) is 10.5 Å². The Hall–Kier alpha value is -1.95. The number of nitrogens with zero attached hydrogens (tertiary/aromatic N) is 1. The van der Waals surface area contributed by atoms with Gasteiger partial charge in [0.05, 0.1) is 6.04 Å². The summed E-state index contributed by atoms with van der Waals surface area (Å²) in [5.41, 5.74) is 7.80. The minimum absolute atomic E-state index is 0.0985. The van der Waals surface area contributed by atoms with Gasteiger partial charge in [0.1, 0.15) is 17.0 Å². The molecular formula is C18H22BrN3O2. The van der Waals surface area contributed by atoms with Gasteiger partial charge >= 0.3 is 0 Å². The minimum Gasteiger partial charge on any atom is -0.487 e. The molecule has 1 unspecified atom stereocenters. The van der Waals surface area contributed by atoms with Gasteiger partial charge in [-0.3, -0.25) is 4.79 Å². The number of nitrogens with one attached hydrogen (secondary N) is 1. The number of halogens is 1. The molecule has 5 nitrogen and oxygen atoms in total. The topological polar surface area (TPSA) is 69.3 Å². The molecule has 1 amide bonds. The summed E-state index contributed by atoms with van der Waals surface area (Å²) in [5.74, 6) is 0.677. The molecule has 3 N–H and O–H groups in total. The fourth-order valence-corrected chi connectivity index (χ4v) is 3.62. The summed E-state index contributed by atoms with van der Waals surface area (Å²) in [4.78, 5) is 12.8. The standard InChI is InChI=1S/C18H22BrN3O2/c1-4-22-10-11(19)7-15(22)17(23)21-14-9-18(2,3)24-16-6-5-12(20)8-13(14)16/h5-8,10,14H,4,9,20H2,1-3H3,(H,21,23). The summed E-state index contributed by atoms with van der Waals surface area (Å²) in [6, 6.07) is 7.27. The van der Waals surface area contributed by atoms with E-state index in [2.05, 4.69) is 21.2 Å². The number of aryl methyl sites for hydroxylation is 1. The number of hydrogen-bond donors (Lipinski definition) is 2. The molecule has 1 aromatic carbocycles. The Balaban J connectivity index is 1.91.